The van der Waals surface area contributed by atoms with Gasteiger partial charge in [0.15, 0.2) is 5.82 Å². The van der Waals surface area contributed by atoms with Gasteiger partial charge in [-0.1, -0.05) is 6.07 Å². The summed E-state index contributed by atoms with van der Waals surface area (Å²) >= 11 is 3.16. The quantitative estimate of drug-likeness (QED) is 0.231. The average Bonchev–Trinajstić information content (AvgIpc) is 3.55. The number of hydrogen-bond acceptors (Lipinski definition) is 8. The zero-order valence-electron chi connectivity index (χ0n) is 20.9. The second-order valence-electron chi connectivity index (χ2n) is 9.16. The molecule has 1 saturated heterocycles. The van der Waals surface area contributed by atoms with Gasteiger partial charge in [-0.05, 0) is 60.6 Å². The number of hydroxylamine groups is 2. The molecule has 12 heteroatoms. The fourth-order valence-corrected chi connectivity index (χ4v) is 6.22. The molecule has 7 nitrogen and oxygen atoms in total. The Bertz CT molecular complexity index is 1310. The van der Waals surface area contributed by atoms with Crippen LogP contribution in [0.2, 0.25) is 0 Å². The van der Waals surface area contributed by atoms with E-state index in [-0.39, 0.29) is 11.9 Å². The summed E-state index contributed by atoms with van der Waals surface area (Å²) in [6.45, 7) is 0.500. The predicted molar refractivity (Wildman–Crippen MR) is 153 cm³/mol. The third kappa shape index (κ3) is 5.68. The van der Waals surface area contributed by atoms with Crippen molar-refractivity contribution in [3.8, 4) is 11.3 Å². The average molecular weight is 535 g/mol. The summed E-state index contributed by atoms with van der Waals surface area (Å²) in [4.78, 5) is 6.72. The number of benzene rings is 1. The predicted octanol–water partition coefficient (Wildman–Crippen LogP) is 3.85. The van der Waals surface area contributed by atoms with Gasteiger partial charge in [0.1, 0.15) is 27.2 Å². The fraction of sp³-hybridized carbons (Fsp3) is 0.400. The molecule has 190 valence electrons. The number of aromatic nitrogens is 2. The van der Waals surface area contributed by atoms with Crippen LogP contribution in [0.1, 0.15) is 18.4 Å². The van der Waals surface area contributed by atoms with Gasteiger partial charge in [-0.3, -0.25) is 9.47 Å². The van der Waals surface area contributed by atoms with E-state index in [4.69, 9.17) is 25.0 Å². The largest absolute Gasteiger partial charge is 0.395 e. The van der Waals surface area contributed by atoms with E-state index >= 15 is 0 Å². The molecule has 3 aromatic rings. The number of rotatable bonds is 10. The van der Waals surface area contributed by atoms with Crippen LogP contribution in [0.3, 0.4) is 0 Å². The van der Waals surface area contributed by atoms with Crippen molar-refractivity contribution in [2.24, 2.45) is 0 Å². The van der Waals surface area contributed by atoms with Crippen LogP contribution in [-0.2, 0) is 10.7 Å². The first-order valence-corrected chi connectivity index (χ1v) is 14.5. The first-order valence-electron chi connectivity index (χ1n) is 12.2. The maximum atomic E-state index is 14.5. The zero-order chi connectivity index (χ0) is 26.2. The Kier molecular flexibility index (Phi) is 7.83. The lowest BCUT2D eigenvalue weighted by molar-refractivity contribution is -0.00286. The highest BCUT2D eigenvalue weighted by Crippen LogP contribution is 2.36. The molecule has 2 aromatic heterocycles. The SMILES string of the molecule is [B]C([B])(O)N(CCc1cn(C2=CN2OSC)c2nc(-c3ccc(NC)c(F)c3)ccc12)C1CCSCC1. The summed E-state index contributed by atoms with van der Waals surface area (Å²) in [7, 11) is 13.7. The van der Waals surface area contributed by atoms with E-state index in [9.17, 15) is 9.50 Å². The lowest BCUT2D eigenvalue weighted by Gasteiger charge is -2.43. The van der Waals surface area contributed by atoms with Crippen LogP contribution in [0, 0.1) is 5.82 Å². The van der Waals surface area contributed by atoms with E-state index < -0.39 is 5.52 Å². The first-order chi connectivity index (χ1) is 17.8. The van der Waals surface area contributed by atoms with Gasteiger partial charge < -0.3 is 10.4 Å². The lowest BCUT2D eigenvalue weighted by atomic mass is 9.70. The molecule has 1 aromatic carbocycles. The Balaban J connectivity index is 1.48. The number of nitrogens with one attached hydrogen (secondary N) is 1. The maximum Gasteiger partial charge on any atom is 0.164 e. The van der Waals surface area contributed by atoms with Gasteiger partial charge in [-0.25, -0.2) is 9.37 Å². The van der Waals surface area contributed by atoms with E-state index in [0.29, 0.717) is 29.9 Å². The maximum absolute atomic E-state index is 14.5. The summed E-state index contributed by atoms with van der Waals surface area (Å²) < 4.78 is 22.0. The summed E-state index contributed by atoms with van der Waals surface area (Å²) in [5.41, 5.74) is 1.68. The number of pyridine rings is 1. The fourth-order valence-electron chi connectivity index (χ4n) is 4.86. The molecule has 2 aliphatic heterocycles. The van der Waals surface area contributed by atoms with Gasteiger partial charge in [0, 0.05) is 60.6 Å². The van der Waals surface area contributed by atoms with E-state index in [1.807, 2.05) is 58.1 Å². The molecule has 0 bridgehead atoms. The summed E-state index contributed by atoms with van der Waals surface area (Å²) in [6, 6.07) is 9.08. The Labute approximate surface area is 227 Å². The van der Waals surface area contributed by atoms with Crippen molar-refractivity contribution in [1.29, 1.82) is 0 Å². The number of hydrogen-bond donors (Lipinski definition) is 2. The molecule has 4 heterocycles. The van der Waals surface area contributed by atoms with Gasteiger partial charge in [-0.2, -0.15) is 21.1 Å². The van der Waals surface area contributed by atoms with Crippen molar-refractivity contribution >= 4 is 62.0 Å². The molecule has 0 atom stereocenters. The van der Waals surface area contributed by atoms with Crippen LogP contribution >= 0.6 is 23.8 Å². The minimum atomic E-state index is -1.89. The second kappa shape index (κ2) is 10.9. The Morgan fingerprint density at radius 3 is 2.76 bits per heavy atom. The molecule has 5 rings (SSSR count). The normalized spacial score (nSPS) is 16.5. The van der Waals surface area contributed by atoms with Crippen molar-refractivity contribution < 1.29 is 13.8 Å². The monoisotopic (exact) mass is 535 g/mol. The molecule has 37 heavy (non-hydrogen) atoms. The minimum absolute atomic E-state index is 0.131. The van der Waals surface area contributed by atoms with Crippen LogP contribution in [0.5, 0.6) is 0 Å². The molecule has 2 aliphatic rings. The minimum Gasteiger partial charge on any atom is -0.395 e. The summed E-state index contributed by atoms with van der Waals surface area (Å²) in [6.07, 6.45) is 8.24. The van der Waals surface area contributed by atoms with Gasteiger partial charge >= 0.3 is 0 Å². The number of nitrogens with zero attached hydrogens (tertiary/aromatic N) is 4. The zero-order valence-corrected chi connectivity index (χ0v) is 22.5. The van der Waals surface area contributed by atoms with Crippen molar-refractivity contribution in [3.63, 3.8) is 0 Å². The van der Waals surface area contributed by atoms with Crippen molar-refractivity contribution in [3.05, 3.63) is 54.1 Å². The number of halogens is 1. The molecule has 1 fully saturated rings. The van der Waals surface area contributed by atoms with Gasteiger partial charge in [-0.15, -0.1) is 0 Å². The van der Waals surface area contributed by atoms with Crippen LogP contribution in [0.15, 0.2) is 42.7 Å². The molecule has 4 radical (unpaired) electrons. The standard InChI is InChI=1S/C25H28B2FN5O2S2/c1-29-22-5-3-16(13-20(22)28)21-6-4-19-17(14-31(24(19)30-21)23-15-33(23)35-36-2)7-10-32(25(26,27)34)18-8-11-37-12-9-18/h3-6,13-15,18,29,34H,7-12H2,1-2H3. The Morgan fingerprint density at radius 1 is 1.30 bits per heavy atom. The molecule has 0 saturated carbocycles. The van der Waals surface area contributed by atoms with Crippen molar-refractivity contribution in [1.82, 2.24) is 19.5 Å². The number of aliphatic hydroxyl groups is 1. The Morgan fingerprint density at radius 2 is 2.08 bits per heavy atom. The highest BCUT2D eigenvalue weighted by Gasteiger charge is 2.32. The third-order valence-corrected chi connectivity index (χ3v) is 8.13. The highest BCUT2D eigenvalue weighted by molar-refractivity contribution is 7.99. The second-order valence-corrected chi connectivity index (χ2v) is 10.9. The van der Waals surface area contributed by atoms with Crippen molar-refractivity contribution in [2.45, 2.75) is 30.8 Å². The van der Waals surface area contributed by atoms with Crippen LogP contribution < -0.4 is 5.32 Å². The number of thioether (sulfide) groups is 1. The van der Waals surface area contributed by atoms with Crippen LogP contribution in [0.4, 0.5) is 10.1 Å². The molecule has 0 aliphatic carbocycles. The van der Waals surface area contributed by atoms with E-state index in [2.05, 4.69) is 5.32 Å². The van der Waals surface area contributed by atoms with E-state index in [1.54, 1.807) is 18.2 Å². The Hall–Kier alpha value is -2.11. The number of fused-ring (bicyclic) bond motifs is 1. The molecule has 0 unspecified atom stereocenters. The molecular formula is C25H28B2FN5O2S2. The smallest absolute Gasteiger partial charge is 0.164 e. The van der Waals surface area contributed by atoms with Gasteiger partial charge in [0.25, 0.3) is 0 Å². The summed E-state index contributed by atoms with van der Waals surface area (Å²) in [5, 5.41) is 16.0. The van der Waals surface area contributed by atoms with Gasteiger partial charge in [0.2, 0.25) is 0 Å². The lowest BCUT2D eigenvalue weighted by Crippen LogP contribution is -2.56. The molecule has 0 amide bonds. The first kappa shape index (κ1) is 26.5. The summed E-state index contributed by atoms with van der Waals surface area (Å²) in [5.74, 6) is 2.57. The van der Waals surface area contributed by atoms with Crippen LogP contribution in [0.25, 0.3) is 28.1 Å². The van der Waals surface area contributed by atoms with Crippen molar-refractivity contribution in [2.75, 3.05) is 36.7 Å². The number of anilines is 1. The van der Waals surface area contributed by atoms with Crippen LogP contribution in [-0.4, -0.2) is 83.2 Å². The van der Waals surface area contributed by atoms with E-state index in [1.165, 1.54) is 18.1 Å². The molecule has 2 N–H and O–H groups in total. The van der Waals surface area contributed by atoms with E-state index in [0.717, 1.165) is 46.8 Å². The third-order valence-electron chi connectivity index (χ3n) is 6.77. The topological polar surface area (TPSA) is 65.6 Å². The molecular weight excluding hydrogens is 507 g/mol. The highest BCUT2D eigenvalue weighted by atomic mass is 32.2. The molecule has 0 spiro atoms. The van der Waals surface area contributed by atoms with Gasteiger partial charge in [0.05, 0.1) is 17.6 Å².